The lowest BCUT2D eigenvalue weighted by Gasteiger charge is -2.12. The Hall–Kier alpha value is -0.630. The third-order valence-electron chi connectivity index (χ3n) is 2.57. The summed E-state index contributed by atoms with van der Waals surface area (Å²) in [5.41, 5.74) is 1.16. The quantitative estimate of drug-likeness (QED) is 0.315. The summed E-state index contributed by atoms with van der Waals surface area (Å²) in [5.74, 6) is 2.83. The van der Waals surface area contributed by atoms with Crippen molar-refractivity contribution in [3.63, 3.8) is 0 Å². The molecule has 0 aliphatic carbocycles. The number of guanidine groups is 1. The van der Waals surface area contributed by atoms with Gasteiger partial charge in [0, 0.05) is 19.3 Å². The molecule has 0 radical (unpaired) electrons. The van der Waals surface area contributed by atoms with E-state index >= 15 is 0 Å². The van der Waals surface area contributed by atoms with Crippen LogP contribution in [0.5, 0.6) is 5.75 Å². The maximum atomic E-state index is 5.71. The van der Waals surface area contributed by atoms with E-state index < -0.39 is 0 Å². The molecule has 0 saturated heterocycles. The summed E-state index contributed by atoms with van der Waals surface area (Å²) in [6.07, 6.45) is 2.09. The van der Waals surface area contributed by atoms with E-state index in [1.165, 1.54) is 0 Å². The van der Waals surface area contributed by atoms with Gasteiger partial charge >= 0.3 is 0 Å². The molecule has 0 bridgehead atoms. The number of nitrogens with zero attached hydrogens (tertiary/aromatic N) is 1. The Morgan fingerprint density at radius 1 is 1.25 bits per heavy atom. The summed E-state index contributed by atoms with van der Waals surface area (Å²) in [5, 5.41) is 6.47. The summed E-state index contributed by atoms with van der Waals surface area (Å²) in [6, 6.07) is 8.03. The van der Waals surface area contributed by atoms with Crippen LogP contribution in [0.1, 0.15) is 5.56 Å². The van der Waals surface area contributed by atoms with Crippen molar-refractivity contribution in [1.29, 1.82) is 0 Å². The van der Waals surface area contributed by atoms with Crippen LogP contribution in [0.15, 0.2) is 29.3 Å². The highest BCUT2D eigenvalue weighted by Crippen LogP contribution is 2.15. The highest BCUT2D eigenvalue weighted by molar-refractivity contribution is 14.0. The summed E-state index contributed by atoms with van der Waals surface area (Å²) < 4.78 is 5.71. The van der Waals surface area contributed by atoms with Gasteiger partial charge in [-0.15, -0.1) is 24.0 Å². The Labute approximate surface area is 143 Å². The van der Waals surface area contributed by atoms with Crippen LogP contribution in [0.25, 0.3) is 0 Å². The number of para-hydroxylation sites is 1. The maximum absolute atomic E-state index is 5.71. The Morgan fingerprint density at radius 2 is 1.95 bits per heavy atom. The second kappa shape index (κ2) is 12.1. The third kappa shape index (κ3) is 7.84. The average Bonchev–Trinajstić information content (AvgIpc) is 2.43. The van der Waals surface area contributed by atoms with Gasteiger partial charge in [-0.3, -0.25) is 4.99 Å². The number of aliphatic imine (C=N–C) groups is 1. The molecule has 0 amide bonds. The van der Waals surface area contributed by atoms with Gasteiger partial charge in [0.25, 0.3) is 0 Å². The number of halogens is 1. The van der Waals surface area contributed by atoms with Crippen molar-refractivity contribution in [1.82, 2.24) is 10.6 Å². The van der Waals surface area contributed by atoms with Crippen LogP contribution in [-0.2, 0) is 0 Å². The van der Waals surface area contributed by atoms with Gasteiger partial charge in [0.2, 0.25) is 0 Å². The fourth-order valence-corrected chi connectivity index (χ4v) is 1.85. The lowest BCUT2D eigenvalue weighted by molar-refractivity contribution is 0.320. The van der Waals surface area contributed by atoms with Crippen LogP contribution in [0.3, 0.4) is 0 Å². The fraction of sp³-hybridized carbons (Fsp3) is 0.500. The largest absolute Gasteiger partial charge is 0.491 e. The molecule has 2 N–H and O–H groups in total. The average molecular weight is 409 g/mol. The first-order valence-corrected chi connectivity index (χ1v) is 7.79. The number of rotatable bonds is 7. The van der Waals surface area contributed by atoms with Crippen molar-refractivity contribution in [3.8, 4) is 5.75 Å². The first-order valence-electron chi connectivity index (χ1n) is 6.40. The molecule has 1 aromatic carbocycles. The molecule has 0 heterocycles. The van der Waals surface area contributed by atoms with Crippen LogP contribution in [0.4, 0.5) is 0 Å². The van der Waals surface area contributed by atoms with E-state index in [1.54, 1.807) is 7.05 Å². The van der Waals surface area contributed by atoms with E-state index in [0.29, 0.717) is 6.61 Å². The molecule has 6 heteroatoms. The lowest BCUT2D eigenvalue weighted by atomic mass is 10.2. The van der Waals surface area contributed by atoms with E-state index in [0.717, 1.165) is 36.1 Å². The van der Waals surface area contributed by atoms with E-state index in [9.17, 15) is 0 Å². The predicted molar refractivity (Wildman–Crippen MR) is 99.8 cm³/mol. The molecule has 0 aliphatic rings. The monoisotopic (exact) mass is 409 g/mol. The zero-order valence-electron chi connectivity index (χ0n) is 12.3. The second-order valence-corrected chi connectivity index (χ2v) is 5.02. The van der Waals surface area contributed by atoms with Gasteiger partial charge < -0.3 is 15.4 Å². The lowest BCUT2D eigenvalue weighted by Crippen LogP contribution is -2.40. The molecule has 0 spiro atoms. The molecule has 0 fully saturated rings. The van der Waals surface area contributed by atoms with Crippen molar-refractivity contribution in [2.75, 3.05) is 38.8 Å². The third-order valence-corrected chi connectivity index (χ3v) is 3.18. The van der Waals surface area contributed by atoms with Crippen LogP contribution in [0, 0.1) is 6.92 Å². The highest BCUT2D eigenvalue weighted by atomic mass is 127. The van der Waals surface area contributed by atoms with Gasteiger partial charge in [-0.1, -0.05) is 18.2 Å². The first kappa shape index (κ1) is 19.4. The van der Waals surface area contributed by atoms with Gasteiger partial charge in [0.05, 0.1) is 6.54 Å². The number of hydrogen-bond acceptors (Lipinski definition) is 3. The fourth-order valence-electron chi connectivity index (χ4n) is 1.54. The standard InChI is InChI=1S/C14H23N3OS.HI/c1-12-6-4-5-7-13(12)18-10-8-16-14(15-2)17-9-11-19-3;/h4-7H,8-11H2,1-3H3,(H2,15,16,17);1H. The molecular formula is C14H24IN3OS. The molecular weight excluding hydrogens is 385 g/mol. The predicted octanol–water partition coefficient (Wildman–Crippen LogP) is 2.52. The molecule has 0 aliphatic heterocycles. The van der Waals surface area contributed by atoms with E-state index in [-0.39, 0.29) is 24.0 Å². The SMILES string of the molecule is CN=C(NCCOc1ccccc1C)NCCSC.I. The topological polar surface area (TPSA) is 45.7 Å². The molecule has 0 unspecified atom stereocenters. The van der Waals surface area contributed by atoms with Crippen molar-refractivity contribution >= 4 is 41.7 Å². The Bertz CT molecular complexity index is 402. The van der Waals surface area contributed by atoms with E-state index in [4.69, 9.17) is 4.74 Å². The summed E-state index contributed by atoms with van der Waals surface area (Å²) in [6.45, 7) is 4.31. The van der Waals surface area contributed by atoms with Crippen molar-refractivity contribution < 1.29 is 4.74 Å². The maximum Gasteiger partial charge on any atom is 0.191 e. The van der Waals surface area contributed by atoms with Crippen LogP contribution in [-0.4, -0.2) is 44.7 Å². The highest BCUT2D eigenvalue weighted by Gasteiger charge is 1.99. The zero-order valence-corrected chi connectivity index (χ0v) is 15.5. The summed E-state index contributed by atoms with van der Waals surface area (Å²) in [4.78, 5) is 4.15. The van der Waals surface area contributed by atoms with E-state index in [1.807, 2.05) is 43.0 Å². The number of nitrogens with one attached hydrogen (secondary N) is 2. The number of thioether (sulfide) groups is 1. The molecule has 114 valence electrons. The zero-order chi connectivity index (χ0) is 13.9. The van der Waals surface area contributed by atoms with Crippen LogP contribution in [0.2, 0.25) is 0 Å². The number of ether oxygens (including phenoxy) is 1. The van der Waals surface area contributed by atoms with Gasteiger partial charge in [-0.25, -0.2) is 0 Å². The Balaban J connectivity index is 0.00000361. The van der Waals surface area contributed by atoms with Gasteiger partial charge in [0.15, 0.2) is 5.96 Å². The number of aryl methyl sites for hydroxylation is 1. The Morgan fingerprint density at radius 3 is 2.60 bits per heavy atom. The molecule has 1 aromatic rings. The smallest absolute Gasteiger partial charge is 0.191 e. The minimum atomic E-state index is 0. The molecule has 20 heavy (non-hydrogen) atoms. The van der Waals surface area contributed by atoms with Gasteiger partial charge in [0.1, 0.15) is 12.4 Å². The minimum Gasteiger partial charge on any atom is -0.491 e. The Kier molecular flexibility index (Phi) is 11.8. The van der Waals surface area contributed by atoms with Crippen LogP contribution < -0.4 is 15.4 Å². The van der Waals surface area contributed by atoms with E-state index in [2.05, 4.69) is 21.9 Å². The number of benzene rings is 1. The summed E-state index contributed by atoms with van der Waals surface area (Å²) in [7, 11) is 1.77. The molecule has 4 nitrogen and oxygen atoms in total. The van der Waals surface area contributed by atoms with Gasteiger partial charge in [-0.2, -0.15) is 11.8 Å². The van der Waals surface area contributed by atoms with Crippen LogP contribution >= 0.6 is 35.7 Å². The van der Waals surface area contributed by atoms with Gasteiger partial charge in [-0.05, 0) is 24.8 Å². The molecule has 0 aromatic heterocycles. The molecule has 1 rings (SSSR count). The number of hydrogen-bond donors (Lipinski definition) is 2. The van der Waals surface area contributed by atoms with Crippen molar-refractivity contribution in [3.05, 3.63) is 29.8 Å². The minimum absolute atomic E-state index is 0. The second-order valence-electron chi connectivity index (χ2n) is 4.03. The van der Waals surface area contributed by atoms with Crippen molar-refractivity contribution in [2.45, 2.75) is 6.92 Å². The molecule has 0 saturated carbocycles. The normalized spacial score (nSPS) is 10.7. The summed E-state index contributed by atoms with van der Waals surface area (Å²) >= 11 is 1.81. The first-order chi connectivity index (χ1) is 9.27. The van der Waals surface area contributed by atoms with Crippen molar-refractivity contribution in [2.24, 2.45) is 4.99 Å². The molecule has 0 atom stereocenters.